The summed E-state index contributed by atoms with van der Waals surface area (Å²) in [6.07, 6.45) is 0.904. The Morgan fingerprint density at radius 1 is 1.21 bits per heavy atom. The SMILES string of the molecule is CC[C@H](C)NC(=O)c1cc(-c2ccc(C(C)(C)C)cc2)n(CC)n1. The minimum absolute atomic E-state index is 0.107. The van der Waals surface area contributed by atoms with Gasteiger partial charge in [-0.3, -0.25) is 9.48 Å². The van der Waals surface area contributed by atoms with Gasteiger partial charge >= 0.3 is 0 Å². The maximum atomic E-state index is 12.3. The molecule has 1 aromatic carbocycles. The van der Waals surface area contributed by atoms with Gasteiger partial charge in [0, 0.05) is 12.6 Å². The summed E-state index contributed by atoms with van der Waals surface area (Å²) >= 11 is 0. The van der Waals surface area contributed by atoms with Crippen molar-refractivity contribution in [1.29, 1.82) is 0 Å². The van der Waals surface area contributed by atoms with E-state index in [9.17, 15) is 4.79 Å². The van der Waals surface area contributed by atoms with E-state index < -0.39 is 0 Å². The molecule has 0 saturated heterocycles. The molecule has 0 aliphatic rings. The maximum Gasteiger partial charge on any atom is 0.272 e. The van der Waals surface area contributed by atoms with Crippen molar-refractivity contribution in [3.05, 3.63) is 41.6 Å². The number of carbonyl (C=O) groups is 1. The van der Waals surface area contributed by atoms with Crippen LogP contribution in [0.1, 0.15) is 64.0 Å². The molecule has 4 nitrogen and oxygen atoms in total. The molecule has 0 unspecified atom stereocenters. The van der Waals surface area contributed by atoms with Gasteiger partial charge in [0.05, 0.1) is 5.69 Å². The normalized spacial score (nSPS) is 12.9. The highest BCUT2D eigenvalue weighted by Crippen LogP contribution is 2.26. The number of aryl methyl sites for hydroxylation is 1. The number of hydrogen-bond acceptors (Lipinski definition) is 2. The van der Waals surface area contributed by atoms with Crippen LogP contribution in [-0.2, 0) is 12.0 Å². The van der Waals surface area contributed by atoms with E-state index in [-0.39, 0.29) is 17.4 Å². The van der Waals surface area contributed by atoms with Crippen LogP contribution in [0.25, 0.3) is 11.3 Å². The van der Waals surface area contributed by atoms with E-state index in [2.05, 4.69) is 62.4 Å². The summed E-state index contributed by atoms with van der Waals surface area (Å²) in [4.78, 5) is 12.3. The number of nitrogens with zero attached hydrogens (tertiary/aromatic N) is 2. The van der Waals surface area contributed by atoms with Gasteiger partial charge in [-0.25, -0.2) is 0 Å². The number of aromatic nitrogens is 2. The van der Waals surface area contributed by atoms with Crippen LogP contribution in [0.2, 0.25) is 0 Å². The minimum atomic E-state index is -0.107. The van der Waals surface area contributed by atoms with Gasteiger partial charge in [-0.05, 0) is 42.9 Å². The van der Waals surface area contributed by atoms with E-state index >= 15 is 0 Å². The quantitative estimate of drug-likeness (QED) is 0.885. The van der Waals surface area contributed by atoms with E-state index in [1.165, 1.54) is 5.56 Å². The smallest absolute Gasteiger partial charge is 0.272 e. The number of rotatable bonds is 5. The first kappa shape index (κ1) is 18.2. The maximum absolute atomic E-state index is 12.3. The predicted octanol–water partition coefficient (Wildman–Crippen LogP) is 4.40. The Morgan fingerprint density at radius 3 is 2.33 bits per heavy atom. The van der Waals surface area contributed by atoms with Crippen molar-refractivity contribution in [2.24, 2.45) is 0 Å². The van der Waals surface area contributed by atoms with E-state index in [0.29, 0.717) is 5.69 Å². The molecule has 24 heavy (non-hydrogen) atoms. The van der Waals surface area contributed by atoms with Gasteiger partial charge in [0.15, 0.2) is 5.69 Å². The Balaban J connectivity index is 2.32. The number of carbonyl (C=O) groups excluding carboxylic acids is 1. The van der Waals surface area contributed by atoms with Crippen LogP contribution < -0.4 is 5.32 Å². The standard InChI is InChI=1S/C20H29N3O/c1-7-14(3)21-19(24)17-13-18(23(8-2)22-17)15-9-11-16(12-10-15)20(4,5)6/h9-14H,7-8H2,1-6H3,(H,21,24)/t14-/m0/s1. The molecular weight excluding hydrogens is 298 g/mol. The van der Waals surface area contributed by atoms with Gasteiger partial charge in [-0.1, -0.05) is 52.0 Å². The molecule has 0 saturated carbocycles. The number of hydrogen-bond donors (Lipinski definition) is 1. The van der Waals surface area contributed by atoms with Gasteiger partial charge in [0.1, 0.15) is 0 Å². The first-order valence-corrected chi connectivity index (χ1v) is 8.75. The van der Waals surface area contributed by atoms with Crippen LogP contribution in [0, 0.1) is 0 Å². The van der Waals surface area contributed by atoms with E-state index in [0.717, 1.165) is 24.2 Å². The molecule has 130 valence electrons. The summed E-state index contributed by atoms with van der Waals surface area (Å²) in [5.74, 6) is -0.107. The van der Waals surface area contributed by atoms with Gasteiger partial charge in [0.2, 0.25) is 0 Å². The number of benzene rings is 1. The topological polar surface area (TPSA) is 46.9 Å². The Kier molecular flexibility index (Phi) is 5.47. The molecule has 2 rings (SSSR count). The highest BCUT2D eigenvalue weighted by molar-refractivity contribution is 5.93. The monoisotopic (exact) mass is 327 g/mol. The molecular formula is C20H29N3O. The van der Waals surface area contributed by atoms with Crippen molar-refractivity contribution in [2.75, 3.05) is 0 Å². The van der Waals surface area contributed by atoms with Crippen LogP contribution in [0.3, 0.4) is 0 Å². The molecule has 1 aromatic heterocycles. The van der Waals surface area contributed by atoms with E-state index in [4.69, 9.17) is 0 Å². The van der Waals surface area contributed by atoms with Crippen molar-refractivity contribution in [1.82, 2.24) is 15.1 Å². The van der Waals surface area contributed by atoms with Crippen LogP contribution in [0.4, 0.5) is 0 Å². The van der Waals surface area contributed by atoms with Gasteiger partial charge in [0.25, 0.3) is 5.91 Å². The Morgan fingerprint density at radius 2 is 1.83 bits per heavy atom. The summed E-state index contributed by atoms with van der Waals surface area (Å²) < 4.78 is 1.89. The first-order valence-electron chi connectivity index (χ1n) is 8.75. The highest BCUT2D eigenvalue weighted by Gasteiger charge is 2.17. The lowest BCUT2D eigenvalue weighted by Gasteiger charge is -2.19. The molecule has 1 atom stereocenters. The average molecular weight is 327 g/mol. The van der Waals surface area contributed by atoms with Crippen molar-refractivity contribution in [2.45, 2.75) is 66.0 Å². The number of nitrogens with one attached hydrogen (secondary N) is 1. The molecule has 0 aliphatic heterocycles. The zero-order valence-electron chi connectivity index (χ0n) is 15.7. The molecule has 1 N–H and O–H groups in total. The summed E-state index contributed by atoms with van der Waals surface area (Å²) in [5.41, 5.74) is 3.97. The summed E-state index contributed by atoms with van der Waals surface area (Å²) in [5, 5.41) is 7.44. The molecule has 1 amide bonds. The molecule has 4 heteroatoms. The summed E-state index contributed by atoms with van der Waals surface area (Å²) in [6, 6.07) is 10.6. The van der Waals surface area contributed by atoms with Crippen LogP contribution in [0.5, 0.6) is 0 Å². The molecule has 0 bridgehead atoms. The summed E-state index contributed by atoms with van der Waals surface area (Å²) in [7, 11) is 0. The largest absolute Gasteiger partial charge is 0.348 e. The lowest BCUT2D eigenvalue weighted by molar-refractivity contribution is 0.0933. The molecule has 0 radical (unpaired) electrons. The third-order valence-electron chi connectivity index (χ3n) is 4.35. The molecule has 1 heterocycles. The van der Waals surface area contributed by atoms with E-state index in [1.807, 2.05) is 24.6 Å². The zero-order valence-corrected chi connectivity index (χ0v) is 15.7. The molecule has 0 spiro atoms. The fourth-order valence-electron chi connectivity index (χ4n) is 2.54. The van der Waals surface area contributed by atoms with Crippen LogP contribution in [-0.4, -0.2) is 21.7 Å². The fourth-order valence-corrected chi connectivity index (χ4v) is 2.54. The predicted molar refractivity (Wildman–Crippen MR) is 99.3 cm³/mol. The van der Waals surface area contributed by atoms with Gasteiger partial charge in [-0.2, -0.15) is 5.10 Å². The van der Waals surface area contributed by atoms with Crippen molar-refractivity contribution in [3.8, 4) is 11.3 Å². The lowest BCUT2D eigenvalue weighted by Crippen LogP contribution is -2.32. The third-order valence-corrected chi connectivity index (χ3v) is 4.35. The first-order chi connectivity index (χ1) is 11.3. The fraction of sp³-hybridized carbons (Fsp3) is 0.500. The second kappa shape index (κ2) is 7.20. The lowest BCUT2D eigenvalue weighted by atomic mass is 9.86. The third kappa shape index (κ3) is 4.05. The molecule has 0 fully saturated rings. The number of amides is 1. The summed E-state index contributed by atoms with van der Waals surface area (Å²) in [6.45, 7) is 13.4. The van der Waals surface area contributed by atoms with Crippen molar-refractivity contribution in [3.63, 3.8) is 0 Å². The van der Waals surface area contributed by atoms with Crippen molar-refractivity contribution >= 4 is 5.91 Å². The van der Waals surface area contributed by atoms with Gasteiger partial charge < -0.3 is 5.32 Å². The zero-order chi connectivity index (χ0) is 17.9. The van der Waals surface area contributed by atoms with Gasteiger partial charge in [-0.15, -0.1) is 0 Å². The Bertz CT molecular complexity index is 693. The van der Waals surface area contributed by atoms with Crippen LogP contribution in [0.15, 0.2) is 30.3 Å². The minimum Gasteiger partial charge on any atom is -0.348 e. The van der Waals surface area contributed by atoms with Crippen molar-refractivity contribution < 1.29 is 4.79 Å². The molecule has 2 aromatic rings. The highest BCUT2D eigenvalue weighted by atomic mass is 16.2. The van der Waals surface area contributed by atoms with E-state index in [1.54, 1.807) is 0 Å². The second-order valence-electron chi connectivity index (χ2n) is 7.34. The van der Waals surface area contributed by atoms with Crippen LogP contribution >= 0.6 is 0 Å². The second-order valence-corrected chi connectivity index (χ2v) is 7.34. The molecule has 0 aliphatic carbocycles. The Hall–Kier alpha value is -2.10. The Labute approximate surface area is 145 Å². The average Bonchev–Trinajstić information content (AvgIpc) is 2.98.